The molecule has 0 spiro atoms. The molecule has 0 rings (SSSR count). The van der Waals surface area contributed by atoms with E-state index in [-0.39, 0.29) is 23.1 Å². The van der Waals surface area contributed by atoms with E-state index in [1.165, 1.54) is 45.9 Å². The summed E-state index contributed by atoms with van der Waals surface area (Å²) in [7, 11) is 0. The Kier molecular flexibility index (Phi) is 21.6. The molecular formula is MgOSn2. The van der Waals surface area contributed by atoms with Crippen molar-refractivity contribution in [3.63, 3.8) is 0 Å². The van der Waals surface area contributed by atoms with Gasteiger partial charge in [-0.05, 0) is 0 Å². The zero-order valence-corrected chi connectivity index (χ0v) is 9.24. The SMILES string of the molecule is [Mg].[Sn][O][Sn]. The summed E-state index contributed by atoms with van der Waals surface area (Å²) < 4.78 is 4.43. The molecule has 0 fully saturated rings. The molecule has 0 aliphatic carbocycles. The van der Waals surface area contributed by atoms with Gasteiger partial charge in [-0.15, -0.1) is 0 Å². The Hall–Kier alpha value is 2.32. The summed E-state index contributed by atoms with van der Waals surface area (Å²) in [5.74, 6) is 0. The second-order valence-electron chi connectivity index (χ2n) is 0.102. The number of hydrogen-bond acceptors (Lipinski definition) is 1. The molecule has 0 aromatic heterocycles. The van der Waals surface area contributed by atoms with Crippen LogP contribution in [0.25, 0.3) is 0 Å². The predicted molar refractivity (Wildman–Crippen MR) is 18.3 cm³/mol. The zero-order valence-electron chi connectivity index (χ0n) is 2.12. The molecule has 0 saturated carbocycles. The van der Waals surface area contributed by atoms with Gasteiger partial charge in [0, 0.05) is 23.1 Å². The third-order valence-corrected chi connectivity index (χ3v) is 0. The summed E-state index contributed by atoms with van der Waals surface area (Å²) in [4.78, 5) is 0. The molecule has 0 N–H and O–H groups in total. The van der Waals surface area contributed by atoms with Crippen LogP contribution in [-0.2, 0) is 1.41 Å². The van der Waals surface area contributed by atoms with Crippen LogP contribution >= 0.6 is 0 Å². The number of rotatable bonds is 0. The van der Waals surface area contributed by atoms with Gasteiger partial charge in [0.15, 0.2) is 0 Å². The van der Waals surface area contributed by atoms with E-state index in [4.69, 9.17) is 0 Å². The van der Waals surface area contributed by atoms with Crippen molar-refractivity contribution in [2.24, 2.45) is 0 Å². The molecule has 8 radical (unpaired) electrons. The van der Waals surface area contributed by atoms with Gasteiger partial charge < -0.3 is 0 Å². The van der Waals surface area contributed by atoms with Crippen molar-refractivity contribution in [3.8, 4) is 0 Å². The molecule has 0 aliphatic heterocycles. The monoisotopic (exact) mass is 280 g/mol. The first-order valence-electron chi connectivity index (χ1n) is 0.408. The van der Waals surface area contributed by atoms with Crippen molar-refractivity contribution in [2.75, 3.05) is 0 Å². The number of hydrogen-bond donors (Lipinski definition) is 0. The van der Waals surface area contributed by atoms with Crippen molar-refractivity contribution in [2.45, 2.75) is 0 Å². The minimum atomic E-state index is 0. The van der Waals surface area contributed by atoms with E-state index in [1.807, 2.05) is 0 Å². The van der Waals surface area contributed by atoms with Crippen molar-refractivity contribution in [1.29, 1.82) is 0 Å². The van der Waals surface area contributed by atoms with Crippen molar-refractivity contribution in [1.82, 2.24) is 0 Å². The van der Waals surface area contributed by atoms with Crippen LogP contribution in [-0.4, -0.2) is 68.9 Å². The standard InChI is InChI=1S/Mg.O.2Sn. The van der Waals surface area contributed by atoms with Gasteiger partial charge >= 0.3 is 47.3 Å². The van der Waals surface area contributed by atoms with Crippen molar-refractivity contribution in [3.05, 3.63) is 0 Å². The van der Waals surface area contributed by atoms with E-state index in [9.17, 15) is 0 Å². The Morgan fingerprint density at radius 1 is 1.25 bits per heavy atom. The summed E-state index contributed by atoms with van der Waals surface area (Å²) in [5, 5.41) is 0. The van der Waals surface area contributed by atoms with Gasteiger partial charge in [0.25, 0.3) is 0 Å². The molecule has 4 heteroatoms. The maximum atomic E-state index is 4.43. The van der Waals surface area contributed by atoms with E-state index in [2.05, 4.69) is 1.41 Å². The van der Waals surface area contributed by atoms with Gasteiger partial charge in [0.1, 0.15) is 0 Å². The van der Waals surface area contributed by atoms with Crippen molar-refractivity contribution < 1.29 is 1.41 Å². The van der Waals surface area contributed by atoms with Crippen molar-refractivity contribution >= 4 is 68.9 Å². The zero-order chi connectivity index (χ0) is 2.71. The fourth-order valence-electron chi connectivity index (χ4n) is 0. The van der Waals surface area contributed by atoms with E-state index in [0.29, 0.717) is 0 Å². The molecule has 16 valence electrons. The fraction of sp³-hybridized carbons (Fsp3) is 0. The Morgan fingerprint density at radius 2 is 1.25 bits per heavy atom. The molecule has 1 nitrogen and oxygen atoms in total. The van der Waals surface area contributed by atoms with E-state index < -0.39 is 0 Å². The Morgan fingerprint density at radius 3 is 1.25 bits per heavy atom. The molecule has 0 aromatic carbocycles. The van der Waals surface area contributed by atoms with Gasteiger partial charge in [0.05, 0.1) is 0 Å². The Bertz CT molecular complexity index is 6.00. The van der Waals surface area contributed by atoms with Crippen LogP contribution in [0.15, 0.2) is 0 Å². The average Bonchev–Trinajstić information content (AvgIpc) is 0.918. The topological polar surface area (TPSA) is 9.23 Å². The molecule has 0 saturated heterocycles. The summed E-state index contributed by atoms with van der Waals surface area (Å²) >= 11 is 2.35. The van der Waals surface area contributed by atoms with Crippen LogP contribution in [0.3, 0.4) is 0 Å². The van der Waals surface area contributed by atoms with Gasteiger partial charge in [0.2, 0.25) is 0 Å². The van der Waals surface area contributed by atoms with E-state index in [1.54, 1.807) is 0 Å². The minimum absolute atomic E-state index is 0. The van der Waals surface area contributed by atoms with Crippen LogP contribution in [0.4, 0.5) is 0 Å². The first-order chi connectivity index (χ1) is 1.41. The van der Waals surface area contributed by atoms with Crippen LogP contribution in [0.1, 0.15) is 0 Å². The third kappa shape index (κ3) is 8.85. The molecule has 0 unspecified atom stereocenters. The average molecular weight is 278 g/mol. The molecule has 4 heavy (non-hydrogen) atoms. The second kappa shape index (κ2) is 9.01. The summed E-state index contributed by atoms with van der Waals surface area (Å²) in [5.41, 5.74) is 0. The van der Waals surface area contributed by atoms with Gasteiger partial charge in [-0.25, -0.2) is 0 Å². The Labute approximate surface area is 69.3 Å². The molecular weight excluding hydrogens is 278 g/mol. The summed E-state index contributed by atoms with van der Waals surface area (Å²) in [6.07, 6.45) is 0. The van der Waals surface area contributed by atoms with Crippen LogP contribution in [0.5, 0.6) is 0 Å². The maximum absolute atomic E-state index is 4.43. The van der Waals surface area contributed by atoms with Gasteiger partial charge in [-0.2, -0.15) is 0 Å². The van der Waals surface area contributed by atoms with Gasteiger partial charge in [-0.1, -0.05) is 0 Å². The second-order valence-corrected chi connectivity index (χ2v) is 4.59. The quantitative estimate of drug-likeness (QED) is 0.505. The van der Waals surface area contributed by atoms with Crippen LogP contribution in [0, 0.1) is 0 Å². The van der Waals surface area contributed by atoms with Crippen LogP contribution in [0.2, 0.25) is 0 Å². The van der Waals surface area contributed by atoms with E-state index >= 15 is 0 Å². The molecule has 0 heterocycles. The molecule has 0 aromatic rings. The summed E-state index contributed by atoms with van der Waals surface area (Å²) in [6.45, 7) is 0. The first-order valence-corrected chi connectivity index (χ1v) is 2.74. The Balaban J connectivity index is 0. The molecule has 0 amide bonds. The van der Waals surface area contributed by atoms with Gasteiger partial charge in [-0.3, -0.25) is 0 Å². The third-order valence-electron chi connectivity index (χ3n) is 0. The summed E-state index contributed by atoms with van der Waals surface area (Å²) in [6, 6.07) is 0. The van der Waals surface area contributed by atoms with E-state index in [0.717, 1.165) is 0 Å². The molecule has 0 atom stereocenters. The molecule has 0 bridgehead atoms. The van der Waals surface area contributed by atoms with Crippen LogP contribution < -0.4 is 0 Å². The first kappa shape index (κ1) is 9.59. The fourth-order valence-corrected chi connectivity index (χ4v) is 0. The predicted octanol–water partition coefficient (Wildman–Crippen LogP) is -1.21. The normalized spacial score (nSPS) is 4.50. The molecule has 0 aliphatic rings.